The second kappa shape index (κ2) is 5.78. The number of aromatic nitrogens is 1. The Labute approximate surface area is 170 Å². The van der Waals surface area contributed by atoms with Crippen molar-refractivity contribution in [3.63, 3.8) is 0 Å². The van der Waals surface area contributed by atoms with Gasteiger partial charge in [-0.25, -0.2) is 0 Å². The first-order valence-electron chi connectivity index (χ1n) is 10.2. The number of fused-ring (bicyclic) bond motifs is 5. The fourth-order valence-corrected chi connectivity index (χ4v) is 4.95. The number of nitrogens with zero attached hydrogens (tertiary/aromatic N) is 1. The fourth-order valence-electron chi connectivity index (χ4n) is 4.95. The average molecular weight is 371 g/mol. The Bertz CT molecular complexity index is 1420. The Morgan fingerprint density at radius 1 is 0.621 bits per heavy atom. The SMILES string of the molecule is CC1(C)c2cc(-c3cccc4ccccc34)ccc2-c2cc3cccnc3cc21. The first kappa shape index (κ1) is 16.5. The van der Waals surface area contributed by atoms with Gasteiger partial charge < -0.3 is 0 Å². The number of pyridine rings is 1. The van der Waals surface area contributed by atoms with Crippen LogP contribution in [0.15, 0.2) is 91.1 Å². The third-order valence-corrected chi connectivity index (χ3v) is 6.50. The molecule has 1 aliphatic rings. The van der Waals surface area contributed by atoms with Gasteiger partial charge in [0.25, 0.3) is 0 Å². The molecule has 0 atom stereocenters. The highest BCUT2D eigenvalue weighted by Crippen LogP contribution is 2.50. The van der Waals surface area contributed by atoms with Crippen molar-refractivity contribution in [3.8, 4) is 22.3 Å². The van der Waals surface area contributed by atoms with Crippen molar-refractivity contribution in [3.05, 3.63) is 102 Å². The normalized spacial score (nSPS) is 14.1. The molecule has 0 saturated carbocycles. The molecule has 0 N–H and O–H groups in total. The van der Waals surface area contributed by atoms with Crippen molar-refractivity contribution in [2.45, 2.75) is 19.3 Å². The Morgan fingerprint density at radius 2 is 1.41 bits per heavy atom. The maximum absolute atomic E-state index is 4.59. The van der Waals surface area contributed by atoms with Crippen molar-refractivity contribution in [1.29, 1.82) is 0 Å². The largest absolute Gasteiger partial charge is 0.256 e. The van der Waals surface area contributed by atoms with Crippen LogP contribution in [-0.2, 0) is 5.41 Å². The first-order chi connectivity index (χ1) is 14.1. The Morgan fingerprint density at radius 3 is 2.34 bits per heavy atom. The molecule has 1 heterocycles. The van der Waals surface area contributed by atoms with E-state index in [0.717, 1.165) is 5.52 Å². The summed E-state index contributed by atoms with van der Waals surface area (Å²) in [5.41, 5.74) is 9.06. The van der Waals surface area contributed by atoms with Crippen LogP contribution in [0.25, 0.3) is 43.9 Å². The van der Waals surface area contributed by atoms with Crippen molar-refractivity contribution >= 4 is 21.7 Å². The maximum atomic E-state index is 4.59. The van der Waals surface area contributed by atoms with Crippen molar-refractivity contribution < 1.29 is 0 Å². The summed E-state index contributed by atoms with van der Waals surface area (Å²) < 4.78 is 0. The second-order valence-corrected chi connectivity index (χ2v) is 8.51. The molecule has 1 aromatic heterocycles. The van der Waals surface area contributed by atoms with E-state index in [4.69, 9.17) is 0 Å². The minimum atomic E-state index is -0.0447. The minimum absolute atomic E-state index is 0.0447. The van der Waals surface area contributed by atoms with Gasteiger partial charge in [-0.15, -0.1) is 0 Å². The highest BCUT2D eigenvalue weighted by atomic mass is 14.6. The Kier molecular flexibility index (Phi) is 3.29. The van der Waals surface area contributed by atoms with Crippen molar-refractivity contribution in [2.24, 2.45) is 0 Å². The van der Waals surface area contributed by atoms with Gasteiger partial charge in [0.2, 0.25) is 0 Å². The summed E-state index contributed by atoms with van der Waals surface area (Å²) in [6.45, 7) is 4.67. The standard InChI is InChI=1S/C28H21N/c1-28(2)25-16-19(22-11-5-8-18-7-3-4-10-21(18)22)12-13-23(25)24-15-20-9-6-14-29-27(20)17-26(24)28/h3-17H,1-2H3. The van der Waals surface area contributed by atoms with Crippen LogP contribution < -0.4 is 0 Å². The molecular formula is C28H21N. The van der Waals surface area contributed by atoms with E-state index in [9.17, 15) is 0 Å². The molecule has 0 bridgehead atoms. The molecule has 0 radical (unpaired) electrons. The lowest BCUT2D eigenvalue weighted by molar-refractivity contribution is 0.661. The summed E-state index contributed by atoms with van der Waals surface area (Å²) >= 11 is 0. The number of benzene rings is 4. The third kappa shape index (κ3) is 2.31. The lowest BCUT2D eigenvalue weighted by Gasteiger charge is -2.22. The Hall–Kier alpha value is -3.45. The fraction of sp³-hybridized carbons (Fsp3) is 0.107. The van der Waals surface area contributed by atoms with Crippen LogP contribution in [0.1, 0.15) is 25.0 Å². The van der Waals surface area contributed by atoms with E-state index < -0.39 is 0 Å². The molecule has 1 heteroatoms. The zero-order valence-electron chi connectivity index (χ0n) is 16.6. The van der Waals surface area contributed by atoms with Crippen LogP contribution >= 0.6 is 0 Å². The van der Waals surface area contributed by atoms with E-state index in [1.54, 1.807) is 0 Å². The third-order valence-electron chi connectivity index (χ3n) is 6.50. The highest BCUT2D eigenvalue weighted by molar-refractivity contribution is 5.98. The van der Waals surface area contributed by atoms with Crippen LogP contribution in [0.4, 0.5) is 0 Å². The second-order valence-electron chi connectivity index (χ2n) is 8.51. The summed E-state index contributed by atoms with van der Waals surface area (Å²) in [6.07, 6.45) is 1.88. The lowest BCUT2D eigenvalue weighted by Crippen LogP contribution is -2.15. The van der Waals surface area contributed by atoms with Gasteiger partial charge in [-0.3, -0.25) is 4.98 Å². The minimum Gasteiger partial charge on any atom is -0.256 e. The quantitative estimate of drug-likeness (QED) is 0.300. The van der Waals surface area contributed by atoms with Gasteiger partial charge in [0.15, 0.2) is 0 Å². The summed E-state index contributed by atoms with van der Waals surface area (Å²) in [5.74, 6) is 0. The molecular weight excluding hydrogens is 350 g/mol. The topological polar surface area (TPSA) is 12.9 Å². The molecule has 0 amide bonds. The summed E-state index contributed by atoms with van der Waals surface area (Å²) in [6, 6.07) is 30.9. The highest BCUT2D eigenvalue weighted by Gasteiger charge is 2.36. The predicted octanol–water partition coefficient (Wildman–Crippen LogP) is 7.36. The van der Waals surface area contributed by atoms with Crippen LogP contribution in [0, 0.1) is 0 Å². The summed E-state index contributed by atoms with van der Waals surface area (Å²) in [4.78, 5) is 4.59. The average Bonchev–Trinajstić information content (AvgIpc) is 2.98. The monoisotopic (exact) mass is 371 g/mol. The van der Waals surface area contributed by atoms with E-state index in [2.05, 4.69) is 97.7 Å². The molecule has 4 aromatic carbocycles. The molecule has 6 rings (SSSR count). The molecule has 0 aliphatic heterocycles. The molecule has 0 fully saturated rings. The van der Waals surface area contributed by atoms with Gasteiger partial charge in [0.05, 0.1) is 5.52 Å². The van der Waals surface area contributed by atoms with Crippen LogP contribution in [0.5, 0.6) is 0 Å². The molecule has 0 spiro atoms. The lowest BCUT2D eigenvalue weighted by atomic mass is 9.81. The zero-order chi connectivity index (χ0) is 19.6. The summed E-state index contributed by atoms with van der Waals surface area (Å²) in [7, 11) is 0. The van der Waals surface area contributed by atoms with Crippen LogP contribution in [0.3, 0.4) is 0 Å². The molecule has 0 unspecified atom stereocenters. The molecule has 1 aliphatic carbocycles. The number of hydrogen-bond acceptors (Lipinski definition) is 1. The molecule has 138 valence electrons. The number of hydrogen-bond donors (Lipinski definition) is 0. The van der Waals surface area contributed by atoms with E-state index in [1.807, 2.05) is 12.3 Å². The molecule has 5 aromatic rings. The van der Waals surface area contributed by atoms with Gasteiger partial charge in [-0.1, -0.05) is 74.5 Å². The van der Waals surface area contributed by atoms with Gasteiger partial charge in [0, 0.05) is 17.0 Å². The van der Waals surface area contributed by atoms with E-state index in [1.165, 1.54) is 49.5 Å². The summed E-state index contributed by atoms with van der Waals surface area (Å²) in [5, 5.41) is 3.79. The maximum Gasteiger partial charge on any atom is 0.0705 e. The smallest absolute Gasteiger partial charge is 0.0705 e. The Balaban J connectivity index is 1.60. The van der Waals surface area contributed by atoms with Gasteiger partial charge in [0.1, 0.15) is 0 Å². The molecule has 1 nitrogen and oxygen atoms in total. The first-order valence-corrected chi connectivity index (χ1v) is 10.2. The number of rotatable bonds is 1. The van der Waals surface area contributed by atoms with Crippen LogP contribution in [0.2, 0.25) is 0 Å². The van der Waals surface area contributed by atoms with E-state index in [0.29, 0.717) is 0 Å². The van der Waals surface area contributed by atoms with E-state index >= 15 is 0 Å². The van der Waals surface area contributed by atoms with Crippen molar-refractivity contribution in [2.75, 3.05) is 0 Å². The van der Waals surface area contributed by atoms with Crippen molar-refractivity contribution in [1.82, 2.24) is 4.98 Å². The van der Waals surface area contributed by atoms with Crippen LogP contribution in [-0.4, -0.2) is 4.98 Å². The molecule has 0 saturated heterocycles. The van der Waals surface area contributed by atoms with Gasteiger partial charge in [-0.05, 0) is 68.4 Å². The van der Waals surface area contributed by atoms with E-state index in [-0.39, 0.29) is 5.41 Å². The zero-order valence-corrected chi connectivity index (χ0v) is 16.6. The van der Waals surface area contributed by atoms with Gasteiger partial charge >= 0.3 is 0 Å². The van der Waals surface area contributed by atoms with Gasteiger partial charge in [-0.2, -0.15) is 0 Å². The predicted molar refractivity (Wildman–Crippen MR) is 122 cm³/mol. The molecule has 29 heavy (non-hydrogen) atoms.